The van der Waals surface area contributed by atoms with E-state index < -0.39 is 5.41 Å². The van der Waals surface area contributed by atoms with Gasteiger partial charge >= 0.3 is 5.97 Å². The van der Waals surface area contributed by atoms with Crippen molar-refractivity contribution in [3.05, 3.63) is 23.3 Å². The minimum Gasteiger partial charge on any atom is -0.468 e. The van der Waals surface area contributed by atoms with Crippen molar-refractivity contribution in [2.24, 2.45) is 0 Å². The predicted octanol–water partition coefficient (Wildman–Crippen LogP) is 1.90. The molecule has 0 atom stereocenters. The Morgan fingerprint density at radius 3 is 3.00 bits per heavy atom. The summed E-state index contributed by atoms with van der Waals surface area (Å²) in [6.45, 7) is 0. The summed E-state index contributed by atoms with van der Waals surface area (Å²) in [5, 5.41) is 0.841. The fourth-order valence-electron chi connectivity index (χ4n) is 1.80. The summed E-state index contributed by atoms with van der Waals surface area (Å²) in [5.41, 5.74) is 0.387. The number of hydrogen-bond acceptors (Lipinski definition) is 5. The topological polar surface area (TPSA) is 52.1 Å². The van der Waals surface area contributed by atoms with E-state index in [2.05, 4.69) is 9.97 Å². The number of thiazole rings is 1. The SMILES string of the molecule is COC(=O)C1(c2nc3cccnc3s2)CC1. The van der Waals surface area contributed by atoms with Crippen molar-refractivity contribution in [3.63, 3.8) is 0 Å². The fourth-order valence-corrected chi connectivity index (χ4v) is 2.94. The summed E-state index contributed by atoms with van der Waals surface area (Å²) in [6, 6.07) is 3.76. The first-order valence-electron chi connectivity index (χ1n) is 5.07. The largest absolute Gasteiger partial charge is 0.468 e. The zero-order chi connectivity index (χ0) is 11.2. The number of carbonyl (C=O) groups excluding carboxylic acids is 1. The Morgan fingerprint density at radius 1 is 1.56 bits per heavy atom. The smallest absolute Gasteiger partial charge is 0.318 e. The van der Waals surface area contributed by atoms with Crippen LogP contribution in [0.5, 0.6) is 0 Å². The molecule has 0 bridgehead atoms. The summed E-state index contributed by atoms with van der Waals surface area (Å²) in [7, 11) is 1.42. The zero-order valence-corrected chi connectivity index (χ0v) is 9.58. The highest BCUT2D eigenvalue weighted by molar-refractivity contribution is 7.18. The molecule has 1 aliphatic rings. The number of fused-ring (bicyclic) bond motifs is 1. The van der Waals surface area contributed by atoms with Crippen LogP contribution >= 0.6 is 11.3 Å². The van der Waals surface area contributed by atoms with Gasteiger partial charge in [-0.1, -0.05) is 11.3 Å². The van der Waals surface area contributed by atoms with Crippen LogP contribution in [0.2, 0.25) is 0 Å². The average Bonchev–Trinajstić information content (AvgIpc) is 3.01. The molecule has 1 fully saturated rings. The maximum atomic E-state index is 11.7. The Morgan fingerprint density at radius 2 is 2.38 bits per heavy atom. The van der Waals surface area contributed by atoms with E-state index in [4.69, 9.17) is 4.74 Å². The summed E-state index contributed by atoms with van der Waals surface area (Å²) >= 11 is 1.49. The molecule has 82 valence electrons. The molecule has 16 heavy (non-hydrogen) atoms. The van der Waals surface area contributed by atoms with Crippen LogP contribution in [0.1, 0.15) is 17.8 Å². The Labute approximate surface area is 96.3 Å². The molecule has 4 nitrogen and oxygen atoms in total. The third-order valence-corrected chi connectivity index (χ3v) is 4.09. The number of ether oxygens (including phenoxy) is 1. The highest BCUT2D eigenvalue weighted by Gasteiger charge is 2.55. The Hall–Kier alpha value is -1.49. The van der Waals surface area contributed by atoms with Crippen molar-refractivity contribution in [3.8, 4) is 0 Å². The van der Waals surface area contributed by atoms with Crippen LogP contribution in [0.4, 0.5) is 0 Å². The molecule has 5 heteroatoms. The Balaban J connectivity index is 2.10. The van der Waals surface area contributed by atoms with Crippen LogP contribution in [0.3, 0.4) is 0 Å². The molecule has 2 heterocycles. The van der Waals surface area contributed by atoms with Gasteiger partial charge in [-0.3, -0.25) is 4.79 Å². The molecule has 0 spiro atoms. The normalized spacial score (nSPS) is 17.3. The van der Waals surface area contributed by atoms with Crippen LogP contribution in [-0.4, -0.2) is 23.0 Å². The van der Waals surface area contributed by atoms with Crippen molar-refractivity contribution in [1.82, 2.24) is 9.97 Å². The molecule has 3 rings (SSSR count). The van der Waals surface area contributed by atoms with E-state index in [0.717, 1.165) is 28.2 Å². The van der Waals surface area contributed by atoms with E-state index in [1.807, 2.05) is 12.1 Å². The molecule has 0 amide bonds. The molecular formula is C11H10N2O2S. The molecule has 1 saturated carbocycles. The molecule has 0 aliphatic heterocycles. The number of pyridine rings is 1. The third kappa shape index (κ3) is 1.24. The second-order valence-corrected chi connectivity index (χ2v) is 4.90. The monoisotopic (exact) mass is 234 g/mol. The second kappa shape index (κ2) is 3.25. The quantitative estimate of drug-likeness (QED) is 0.745. The standard InChI is InChI=1S/C11H10N2O2S/c1-15-10(14)11(4-5-11)9-13-7-3-2-6-12-8(7)16-9/h2-3,6H,4-5H2,1H3. The average molecular weight is 234 g/mol. The molecule has 2 aromatic heterocycles. The number of carbonyl (C=O) groups is 1. The number of methoxy groups -OCH3 is 1. The van der Waals surface area contributed by atoms with E-state index in [1.54, 1.807) is 6.20 Å². The highest BCUT2D eigenvalue weighted by Crippen LogP contribution is 2.50. The number of esters is 1. The van der Waals surface area contributed by atoms with Gasteiger partial charge in [0.2, 0.25) is 0 Å². The van der Waals surface area contributed by atoms with Gasteiger partial charge in [0.15, 0.2) is 0 Å². The van der Waals surface area contributed by atoms with Gasteiger partial charge in [0.1, 0.15) is 20.8 Å². The van der Waals surface area contributed by atoms with E-state index in [1.165, 1.54) is 18.4 Å². The van der Waals surface area contributed by atoms with Gasteiger partial charge < -0.3 is 4.74 Å². The molecule has 0 N–H and O–H groups in total. The molecule has 0 aromatic carbocycles. The fraction of sp³-hybridized carbons (Fsp3) is 0.364. The number of nitrogens with zero attached hydrogens (tertiary/aromatic N) is 2. The first-order valence-corrected chi connectivity index (χ1v) is 5.88. The minimum absolute atomic E-state index is 0.174. The van der Waals surface area contributed by atoms with Crippen LogP contribution < -0.4 is 0 Å². The molecule has 0 unspecified atom stereocenters. The van der Waals surface area contributed by atoms with Gasteiger partial charge in [-0.15, -0.1) is 0 Å². The molecule has 0 radical (unpaired) electrons. The van der Waals surface area contributed by atoms with Crippen LogP contribution in [0.25, 0.3) is 10.3 Å². The molecular weight excluding hydrogens is 224 g/mol. The van der Waals surface area contributed by atoms with E-state index in [0.29, 0.717) is 0 Å². The van der Waals surface area contributed by atoms with E-state index in [-0.39, 0.29) is 5.97 Å². The Bertz CT molecular complexity index is 527. The summed E-state index contributed by atoms with van der Waals surface area (Å²) in [6.07, 6.45) is 3.40. The predicted molar refractivity (Wildman–Crippen MR) is 60.3 cm³/mol. The molecule has 0 saturated heterocycles. The second-order valence-electron chi connectivity index (χ2n) is 3.92. The third-order valence-electron chi connectivity index (χ3n) is 2.90. The molecule has 2 aromatic rings. The van der Waals surface area contributed by atoms with Gasteiger partial charge in [0.25, 0.3) is 0 Å². The van der Waals surface area contributed by atoms with Gasteiger partial charge in [-0.25, -0.2) is 9.97 Å². The first kappa shape index (κ1) is 9.72. The van der Waals surface area contributed by atoms with Gasteiger partial charge in [-0.2, -0.15) is 0 Å². The van der Waals surface area contributed by atoms with E-state index >= 15 is 0 Å². The molecule has 1 aliphatic carbocycles. The maximum Gasteiger partial charge on any atom is 0.318 e. The van der Waals surface area contributed by atoms with Crippen LogP contribution in [0, 0.1) is 0 Å². The zero-order valence-electron chi connectivity index (χ0n) is 8.77. The number of aromatic nitrogens is 2. The lowest BCUT2D eigenvalue weighted by Crippen LogP contribution is -2.21. The Kier molecular flexibility index (Phi) is 1.97. The highest BCUT2D eigenvalue weighted by atomic mass is 32.1. The summed E-state index contributed by atoms with van der Waals surface area (Å²) in [4.78, 5) is 21.3. The van der Waals surface area contributed by atoms with Crippen LogP contribution in [0.15, 0.2) is 18.3 Å². The lowest BCUT2D eigenvalue weighted by molar-refractivity contribution is -0.143. The minimum atomic E-state index is -0.472. The number of rotatable bonds is 2. The van der Waals surface area contributed by atoms with Crippen molar-refractivity contribution < 1.29 is 9.53 Å². The van der Waals surface area contributed by atoms with Crippen molar-refractivity contribution in [2.75, 3.05) is 7.11 Å². The summed E-state index contributed by atoms with van der Waals surface area (Å²) < 4.78 is 4.84. The number of hydrogen-bond donors (Lipinski definition) is 0. The van der Waals surface area contributed by atoms with Crippen molar-refractivity contribution >= 4 is 27.7 Å². The van der Waals surface area contributed by atoms with Crippen LogP contribution in [-0.2, 0) is 14.9 Å². The summed E-state index contributed by atoms with van der Waals surface area (Å²) in [5.74, 6) is -0.174. The van der Waals surface area contributed by atoms with Gasteiger partial charge in [0, 0.05) is 6.20 Å². The first-order chi connectivity index (χ1) is 7.76. The van der Waals surface area contributed by atoms with Crippen molar-refractivity contribution in [1.29, 1.82) is 0 Å². The van der Waals surface area contributed by atoms with Gasteiger partial charge in [0.05, 0.1) is 7.11 Å². The lowest BCUT2D eigenvalue weighted by Gasteiger charge is -2.07. The van der Waals surface area contributed by atoms with Gasteiger partial charge in [-0.05, 0) is 25.0 Å². The van der Waals surface area contributed by atoms with E-state index in [9.17, 15) is 4.79 Å². The van der Waals surface area contributed by atoms with Crippen molar-refractivity contribution in [2.45, 2.75) is 18.3 Å². The maximum absolute atomic E-state index is 11.7. The lowest BCUT2D eigenvalue weighted by atomic mass is 10.1.